The van der Waals surface area contributed by atoms with Gasteiger partial charge in [-0.05, 0) is 73.3 Å². The Morgan fingerprint density at radius 1 is 1.16 bits per heavy atom. The molecule has 0 unspecified atom stereocenters. The minimum atomic E-state index is -0.967. The second kappa shape index (κ2) is 9.94. The van der Waals surface area contributed by atoms with Crippen molar-refractivity contribution in [3.8, 4) is 5.75 Å². The highest BCUT2D eigenvalue weighted by molar-refractivity contribution is 6.31. The van der Waals surface area contributed by atoms with Gasteiger partial charge in [0.1, 0.15) is 11.3 Å². The number of fused-ring (bicyclic) bond motifs is 1. The number of halogens is 1. The first-order valence-corrected chi connectivity index (χ1v) is 11.3. The summed E-state index contributed by atoms with van der Waals surface area (Å²) in [6.07, 6.45) is 4.37. The van der Waals surface area contributed by atoms with E-state index in [-0.39, 0.29) is 5.56 Å². The maximum atomic E-state index is 11.5. The summed E-state index contributed by atoms with van der Waals surface area (Å²) in [5.41, 5.74) is 3.75. The molecule has 0 aliphatic carbocycles. The molecule has 0 atom stereocenters. The predicted molar refractivity (Wildman–Crippen MR) is 126 cm³/mol. The fourth-order valence-electron chi connectivity index (χ4n) is 4.68. The summed E-state index contributed by atoms with van der Waals surface area (Å²) >= 11 is 6.32. The van der Waals surface area contributed by atoms with Crippen LogP contribution in [0.5, 0.6) is 5.75 Å². The maximum Gasteiger partial charge on any atom is 0.339 e. The number of benzene rings is 2. The number of hydrogen-bond acceptors (Lipinski definition) is 4. The van der Waals surface area contributed by atoms with Crippen LogP contribution in [0.3, 0.4) is 0 Å². The van der Waals surface area contributed by atoms with E-state index in [9.17, 15) is 9.90 Å². The largest absolute Gasteiger partial charge is 0.496 e. The highest BCUT2D eigenvalue weighted by atomic mass is 35.5. The van der Waals surface area contributed by atoms with Gasteiger partial charge < -0.3 is 19.1 Å². The summed E-state index contributed by atoms with van der Waals surface area (Å²) in [5.74, 6) is -0.101. The monoisotopic (exact) mass is 456 g/mol. The Kier molecular flexibility index (Phi) is 7.04. The number of aromatic carboxylic acids is 1. The first kappa shape index (κ1) is 22.6. The highest BCUT2D eigenvalue weighted by Crippen LogP contribution is 2.36. The van der Waals surface area contributed by atoms with Crippen LogP contribution in [0.25, 0.3) is 10.9 Å². The SMILES string of the molecule is COCCn1cc(C2CCN(Cc3ccc(OC)c(C(=O)O)c3)CC2)c2cc(Cl)ccc21. The van der Waals surface area contributed by atoms with Gasteiger partial charge in [0.25, 0.3) is 0 Å². The van der Waals surface area contributed by atoms with Gasteiger partial charge >= 0.3 is 5.97 Å². The second-order valence-electron chi connectivity index (χ2n) is 8.32. The van der Waals surface area contributed by atoms with Crippen LogP contribution in [0.15, 0.2) is 42.6 Å². The molecule has 0 saturated carbocycles. The molecule has 1 aromatic heterocycles. The van der Waals surface area contributed by atoms with E-state index in [1.54, 1.807) is 19.2 Å². The number of rotatable bonds is 8. The summed E-state index contributed by atoms with van der Waals surface area (Å²) in [7, 11) is 3.22. The number of carbonyl (C=O) groups is 1. The molecule has 2 heterocycles. The van der Waals surface area contributed by atoms with Gasteiger partial charge in [-0.25, -0.2) is 4.79 Å². The normalized spacial score (nSPS) is 15.3. The number of methoxy groups -OCH3 is 2. The Labute approximate surface area is 193 Å². The number of nitrogens with zero attached hydrogens (tertiary/aromatic N) is 2. The number of hydrogen-bond donors (Lipinski definition) is 1. The number of piperidine rings is 1. The predicted octanol–water partition coefficient (Wildman–Crippen LogP) is 5.03. The third-order valence-electron chi connectivity index (χ3n) is 6.34. The Morgan fingerprint density at radius 3 is 2.62 bits per heavy atom. The molecule has 1 saturated heterocycles. The van der Waals surface area contributed by atoms with E-state index >= 15 is 0 Å². The molecule has 0 bridgehead atoms. The fraction of sp³-hybridized carbons (Fsp3) is 0.400. The molecular formula is C25H29ClN2O4. The quantitative estimate of drug-likeness (QED) is 0.515. The van der Waals surface area contributed by atoms with E-state index in [4.69, 9.17) is 21.1 Å². The lowest BCUT2D eigenvalue weighted by atomic mass is 9.89. The molecule has 170 valence electrons. The van der Waals surface area contributed by atoms with Gasteiger partial charge in [0.2, 0.25) is 0 Å². The minimum absolute atomic E-state index is 0.209. The van der Waals surface area contributed by atoms with Crippen LogP contribution >= 0.6 is 11.6 Å². The van der Waals surface area contributed by atoms with Crippen LogP contribution in [-0.4, -0.2) is 54.5 Å². The first-order chi connectivity index (χ1) is 15.5. The number of carboxylic acid groups (broad SMARTS) is 1. The first-order valence-electron chi connectivity index (χ1n) is 10.9. The van der Waals surface area contributed by atoms with Crippen molar-refractivity contribution in [2.24, 2.45) is 0 Å². The van der Waals surface area contributed by atoms with Crippen molar-refractivity contribution in [1.29, 1.82) is 0 Å². The zero-order valence-corrected chi connectivity index (χ0v) is 19.3. The van der Waals surface area contributed by atoms with Crippen LogP contribution < -0.4 is 4.74 Å². The third kappa shape index (κ3) is 4.77. The van der Waals surface area contributed by atoms with E-state index in [1.165, 1.54) is 23.6 Å². The third-order valence-corrected chi connectivity index (χ3v) is 6.57. The number of aromatic nitrogens is 1. The molecule has 0 radical (unpaired) electrons. The lowest BCUT2D eigenvalue weighted by molar-refractivity contribution is 0.0693. The molecule has 0 spiro atoms. The topological polar surface area (TPSA) is 63.9 Å². The van der Waals surface area contributed by atoms with E-state index in [2.05, 4.69) is 27.8 Å². The second-order valence-corrected chi connectivity index (χ2v) is 8.76. The molecule has 0 amide bonds. The van der Waals surface area contributed by atoms with Crippen molar-refractivity contribution in [1.82, 2.24) is 9.47 Å². The molecule has 1 fully saturated rings. The Bertz CT molecular complexity index is 1100. The maximum absolute atomic E-state index is 11.5. The van der Waals surface area contributed by atoms with Crippen LogP contribution in [-0.2, 0) is 17.8 Å². The molecule has 1 aliphatic rings. The van der Waals surface area contributed by atoms with E-state index in [0.717, 1.165) is 49.6 Å². The Balaban J connectivity index is 1.47. The van der Waals surface area contributed by atoms with Crippen LogP contribution in [0.1, 0.15) is 40.2 Å². The van der Waals surface area contributed by atoms with Crippen LogP contribution in [0, 0.1) is 0 Å². The summed E-state index contributed by atoms with van der Waals surface area (Å²) in [5, 5.41) is 11.4. The minimum Gasteiger partial charge on any atom is -0.496 e. The zero-order chi connectivity index (χ0) is 22.7. The Morgan fingerprint density at radius 2 is 1.94 bits per heavy atom. The highest BCUT2D eigenvalue weighted by Gasteiger charge is 2.24. The fourth-order valence-corrected chi connectivity index (χ4v) is 4.85. The molecule has 2 aromatic carbocycles. The summed E-state index contributed by atoms with van der Waals surface area (Å²) < 4.78 is 12.7. The number of carboxylic acids is 1. The average molecular weight is 457 g/mol. The molecule has 4 rings (SSSR count). The molecule has 32 heavy (non-hydrogen) atoms. The Hall–Kier alpha value is -2.54. The van der Waals surface area contributed by atoms with Crippen molar-refractivity contribution in [2.75, 3.05) is 33.9 Å². The molecule has 1 N–H and O–H groups in total. The van der Waals surface area contributed by atoms with E-state index in [0.29, 0.717) is 18.3 Å². The van der Waals surface area contributed by atoms with Crippen molar-refractivity contribution < 1.29 is 19.4 Å². The standard InChI is InChI=1S/C25H29ClN2O4/c1-31-12-11-28-16-22(20-14-19(26)4-5-23(20)28)18-7-9-27(10-8-18)15-17-3-6-24(32-2)21(13-17)25(29)30/h3-6,13-14,16,18H,7-12,15H2,1-2H3,(H,29,30). The summed E-state index contributed by atoms with van der Waals surface area (Å²) in [6.45, 7) is 4.15. The van der Waals surface area contributed by atoms with Gasteiger partial charge in [-0.2, -0.15) is 0 Å². The lowest BCUT2D eigenvalue weighted by Crippen LogP contribution is -2.32. The molecular weight excluding hydrogens is 428 g/mol. The van der Waals surface area contributed by atoms with E-state index < -0.39 is 5.97 Å². The van der Waals surface area contributed by atoms with Gasteiger partial charge in [0.05, 0.1) is 13.7 Å². The van der Waals surface area contributed by atoms with Crippen LogP contribution in [0.2, 0.25) is 5.02 Å². The van der Waals surface area contributed by atoms with Crippen LogP contribution in [0.4, 0.5) is 0 Å². The van der Waals surface area contributed by atoms with Crippen molar-refractivity contribution in [2.45, 2.75) is 31.8 Å². The van der Waals surface area contributed by atoms with Gasteiger partial charge in [-0.15, -0.1) is 0 Å². The smallest absolute Gasteiger partial charge is 0.339 e. The van der Waals surface area contributed by atoms with Gasteiger partial charge in [0, 0.05) is 42.3 Å². The van der Waals surface area contributed by atoms with E-state index in [1.807, 2.05) is 12.1 Å². The van der Waals surface area contributed by atoms with Crippen molar-refractivity contribution in [3.63, 3.8) is 0 Å². The van der Waals surface area contributed by atoms with Gasteiger partial charge in [-0.1, -0.05) is 17.7 Å². The number of ether oxygens (including phenoxy) is 2. The van der Waals surface area contributed by atoms with Crippen molar-refractivity contribution >= 4 is 28.5 Å². The van der Waals surface area contributed by atoms with Gasteiger partial charge in [0.15, 0.2) is 0 Å². The summed E-state index contributed by atoms with van der Waals surface area (Å²) in [6, 6.07) is 11.5. The number of likely N-dealkylation sites (tertiary alicyclic amines) is 1. The molecule has 3 aromatic rings. The summed E-state index contributed by atoms with van der Waals surface area (Å²) in [4.78, 5) is 13.9. The lowest BCUT2D eigenvalue weighted by Gasteiger charge is -2.32. The average Bonchev–Trinajstić information content (AvgIpc) is 3.15. The molecule has 1 aliphatic heterocycles. The zero-order valence-electron chi connectivity index (χ0n) is 18.5. The van der Waals surface area contributed by atoms with Gasteiger partial charge in [-0.3, -0.25) is 4.90 Å². The van der Waals surface area contributed by atoms with Crippen molar-refractivity contribution in [3.05, 3.63) is 64.3 Å². The molecule has 7 heteroatoms. The molecule has 6 nitrogen and oxygen atoms in total.